The van der Waals surface area contributed by atoms with Gasteiger partial charge in [0.1, 0.15) is 17.9 Å². The standard InChI is InChI=1S/C26H25N3O4/c30-24-22(25(31)29(26(32)27-24)19-8-4-5-9-19)16-18-17-28(23-13-7-6-12-21(18)23)14-15-33-20-10-2-1-3-11-20/h1-3,6-7,10-13,16-17,19H,4-5,8-9,14-15H2,(H,27,30,32)/b22-16-. The van der Waals surface area contributed by atoms with Gasteiger partial charge in [-0.05, 0) is 37.1 Å². The summed E-state index contributed by atoms with van der Waals surface area (Å²) < 4.78 is 7.89. The molecule has 0 radical (unpaired) electrons. The molecule has 1 saturated carbocycles. The molecule has 5 rings (SSSR count). The van der Waals surface area contributed by atoms with Gasteiger partial charge in [-0.15, -0.1) is 0 Å². The van der Waals surface area contributed by atoms with Crippen molar-refractivity contribution in [1.29, 1.82) is 0 Å². The molecule has 0 atom stereocenters. The van der Waals surface area contributed by atoms with Crippen LogP contribution in [0.15, 0.2) is 66.4 Å². The Hall–Kier alpha value is -3.87. The Bertz CT molecular complexity index is 1240. The number of amides is 4. The lowest BCUT2D eigenvalue weighted by atomic mass is 10.0. The van der Waals surface area contributed by atoms with E-state index < -0.39 is 17.8 Å². The Kier molecular flexibility index (Phi) is 5.69. The van der Waals surface area contributed by atoms with Crippen molar-refractivity contribution in [3.05, 3.63) is 71.9 Å². The normalized spacial score (nSPS) is 18.4. The van der Waals surface area contributed by atoms with Crippen molar-refractivity contribution in [2.24, 2.45) is 0 Å². The number of nitrogens with one attached hydrogen (secondary N) is 1. The van der Waals surface area contributed by atoms with E-state index in [1.807, 2.05) is 60.8 Å². The van der Waals surface area contributed by atoms with E-state index in [1.54, 1.807) is 6.08 Å². The van der Waals surface area contributed by atoms with E-state index in [0.29, 0.717) is 13.2 Å². The molecule has 1 aromatic heterocycles. The molecule has 4 amide bonds. The van der Waals surface area contributed by atoms with Crippen molar-refractivity contribution in [3.8, 4) is 5.75 Å². The van der Waals surface area contributed by atoms with Crippen LogP contribution >= 0.6 is 0 Å². The maximum atomic E-state index is 13.2. The summed E-state index contributed by atoms with van der Waals surface area (Å²) in [5.74, 6) is -0.360. The number of aromatic nitrogens is 1. The molecule has 168 valence electrons. The smallest absolute Gasteiger partial charge is 0.331 e. The number of rotatable bonds is 6. The number of urea groups is 1. The van der Waals surface area contributed by atoms with Crippen molar-refractivity contribution in [1.82, 2.24) is 14.8 Å². The highest BCUT2D eigenvalue weighted by atomic mass is 16.5. The number of hydrogen-bond donors (Lipinski definition) is 1. The summed E-state index contributed by atoms with van der Waals surface area (Å²) in [7, 11) is 0. The Labute approximate surface area is 191 Å². The Morgan fingerprint density at radius 3 is 2.48 bits per heavy atom. The number of para-hydroxylation sites is 2. The first-order valence-corrected chi connectivity index (χ1v) is 11.3. The molecule has 2 aromatic carbocycles. The van der Waals surface area contributed by atoms with Gasteiger partial charge in [0.2, 0.25) is 0 Å². The predicted molar refractivity (Wildman–Crippen MR) is 124 cm³/mol. The molecule has 33 heavy (non-hydrogen) atoms. The first-order valence-electron chi connectivity index (χ1n) is 11.3. The summed E-state index contributed by atoms with van der Waals surface area (Å²) in [6, 6.07) is 16.7. The monoisotopic (exact) mass is 443 g/mol. The third kappa shape index (κ3) is 4.14. The van der Waals surface area contributed by atoms with Crippen LogP contribution in [0.4, 0.5) is 4.79 Å². The number of ether oxygens (including phenoxy) is 1. The maximum Gasteiger partial charge on any atom is 0.331 e. The average Bonchev–Trinajstić information content (AvgIpc) is 3.46. The first-order chi connectivity index (χ1) is 16.1. The van der Waals surface area contributed by atoms with Crippen LogP contribution in [0.2, 0.25) is 0 Å². The quantitative estimate of drug-likeness (QED) is 0.459. The van der Waals surface area contributed by atoms with Crippen molar-refractivity contribution >= 4 is 34.8 Å². The van der Waals surface area contributed by atoms with E-state index >= 15 is 0 Å². The molecule has 1 aliphatic carbocycles. The third-order valence-electron chi connectivity index (χ3n) is 6.29. The van der Waals surface area contributed by atoms with Crippen LogP contribution in [-0.2, 0) is 16.1 Å². The number of imide groups is 2. The highest BCUT2D eigenvalue weighted by Gasteiger charge is 2.40. The van der Waals surface area contributed by atoms with Gasteiger partial charge in [-0.25, -0.2) is 4.79 Å². The lowest BCUT2D eigenvalue weighted by Gasteiger charge is -2.31. The second kappa shape index (κ2) is 8.94. The van der Waals surface area contributed by atoms with Gasteiger partial charge < -0.3 is 9.30 Å². The van der Waals surface area contributed by atoms with Crippen LogP contribution in [0.25, 0.3) is 17.0 Å². The molecule has 0 bridgehead atoms. The van der Waals surface area contributed by atoms with E-state index in [1.165, 1.54) is 4.90 Å². The molecular formula is C26H25N3O4. The van der Waals surface area contributed by atoms with Gasteiger partial charge in [0.15, 0.2) is 0 Å². The molecule has 2 aliphatic rings. The fourth-order valence-corrected chi connectivity index (χ4v) is 4.67. The topological polar surface area (TPSA) is 80.6 Å². The molecule has 3 aromatic rings. The largest absolute Gasteiger partial charge is 0.492 e. The molecule has 0 spiro atoms. The van der Waals surface area contributed by atoms with Crippen LogP contribution in [0.5, 0.6) is 5.75 Å². The highest BCUT2D eigenvalue weighted by Crippen LogP contribution is 2.29. The van der Waals surface area contributed by atoms with E-state index in [2.05, 4.69) is 9.88 Å². The summed E-state index contributed by atoms with van der Waals surface area (Å²) in [5, 5.41) is 3.27. The van der Waals surface area contributed by atoms with E-state index in [-0.39, 0.29) is 11.6 Å². The van der Waals surface area contributed by atoms with Crippen molar-refractivity contribution < 1.29 is 19.1 Å². The van der Waals surface area contributed by atoms with Gasteiger partial charge in [0.25, 0.3) is 11.8 Å². The van der Waals surface area contributed by atoms with Gasteiger partial charge in [-0.3, -0.25) is 19.8 Å². The van der Waals surface area contributed by atoms with Gasteiger partial charge in [0, 0.05) is 28.7 Å². The van der Waals surface area contributed by atoms with Crippen LogP contribution < -0.4 is 10.1 Å². The fourth-order valence-electron chi connectivity index (χ4n) is 4.67. The molecule has 1 saturated heterocycles. The lowest BCUT2D eigenvalue weighted by Crippen LogP contribution is -2.57. The summed E-state index contributed by atoms with van der Waals surface area (Å²) in [4.78, 5) is 39.3. The minimum Gasteiger partial charge on any atom is -0.492 e. The average molecular weight is 444 g/mol. The van der Waals surface area contributed by atoms with Gasteiger partial charge in [-0.2, -0.15) is 0 Å². The Balaban J connectivity index is 1.43. The van der Waals surface area contributed by atoms with Gasteiger partial charge >= 0.3 is 6.03 Å². The van der Waals surface area contributed by atoms with E-state index in [9.17, 15) is 14.4 Å². The second-order valence-corrected chi connectivity index (χ2v) is 8.39. The number of benzene rings is 2. The summed E-state index contributed by atoms with van der Waals surface area (Å²) in [5.41, 5.74) is 1.72. The number of carbonyl (C=O) groups excluding carboxylic acids is 3. The Morgan fingerprint density at radius 1 is 0.970 bits per heavy atom. The molecule has 1 N–H and O–H groups in total. The molecule has 2 fully saturated rings. The number of barbiturate groups is 1. The number of carbonyl (C=O) groups is 3. The fraction of sp³-hybridized carbons (Fsp3) is 0.269. The number of nitrogens with zero attached hydrogens (tertiary/aromatic N) is 2. The van der Waals surface area contributed by atoms with Crippen LogP contribution in [-0.4, -0.2) is 40.0 Å². The van der Waals surface area contributed by atoms with Gasteiger partial charge in [-0.1, -0.05) is 49.2 Å². The first kappa shape index (κ1) is 21.0. The number of hydrogen-bond acceptors (Lipinski definition) is 4. The molecule has 2 heterocycles. The Morgan fingerprint density at radius 2 is 1.70 bits per heavy atom. The molecule has 1 aliphatic heterocycles. The summed E-state index contributed by atoms with van der Waals surface area (Å²) in [6.45, 7) is 1.08. The zero-order valence-corrected chi connectivity index (χ0v) is 18.2. The van der Waals surface area contributed by atoms with Crippen LogP contribution in [0.1, 0.15) is 31.2 Å². The van der Waals surface area contributed by atoms with Crippen LogP contribution in [0.3, 0.4) is 0 Å². The molecule has 7 nitrogen and oxygen atoms in total. The van der Waals surface area contributed by atoms with Gasteiger partial charge in [0.05, 0.1) is 6.54 Å². The van der Waals surface area contributed by atoms with Crippen molar-refractivity contribution in [2.75, 3.05) is 6.61 Å². The lowest BCUT2D eigenvalue weighted by molar-refractivity contribution is -0.131. The third-order valence-corrected chi connectivity index (χ3v) is 6.29. The summed E-state index contributed by atoms with van der Waals surface area (Å²) >= 11 is 0. The zero-order valence-electron chi connectivity index (χ0n) is 18.2. The molecular weight excluding hydrogens is 418 g/mol. The van der Waals surface area contributed by atoms with Crippen LogP contribution in [0, 0.1) is 0 Å². The van der Waals surface area contributed by atoms with E-state index in [4.69, 9.17) is 4.74 Å². The van der Waals surface area contributed by atoms with E-state index in [0.717, 1.165) is 47.9 Å². The van der Waals surface area contributed by atoms with Crippen molar-refractivity contribution in [2.45, 2.75) is 38.3 Å². The SMILES string of the molecule is O=C1NC(=O)N(C2CCCC2)C(=O)/C1=C\c1cn(CCOc2ccccc2)c2ccccc12. The predicted octanol–water partition coefficient (Wildman–Crippen LogP) is 4.12. The zero-order chi connectivity index (χ0) is 22.8. The highest BCUT2D eigenvalue weighted by molar-refractivity contribution is 6.31. The minimum atomic E-state index is -0.650. The van der Waals surface area contributed by atoms with Crippen molar-refractivity contribution in [3.63, 3.8) is 0 Å². The summed E-state index contributed by atoms with van der Waals surface area (Å²) in [6.07, 6.45) is 7.04. The minimum absolute atomic E-state index is 0.00932. The second-order valence-electron chi connectivity index (χ2n) is 8.39. The maximum absolute atomic E-state index is 13.2. The molecule has 7 heteroatoms. The molecule has 0 unspecified atom stereocenters. The number of fused-ring (bicyclic) bond motifs is 1.